The zero-order chi connectivity index (χ0) is 67.3. The summed E-state index contributed by atoms with van der Waals surface area (Å²) in [5.41, 5.74) is 0. The summed E-state index contributed by atoms with van der Waals surface area (Å²) in [5.74, 6) is 0.0924. The van der Waals surface area contributed by atoms with Crippen LogP contribution in [0.4, 0.5) is 0 Å². The Labute approximate surface area is 554 Å². The number of hydrogen-bond donors (Lipinski definition) is 3. The first-order chi connectivity index (χ1) is 43.8. The number of phosphoric acid groups is 2. The maximum Gasteiger partial charge on any atom is 0.472 e. The quantitative estimate of drug-likeness (QED) is 0.0169. The first-order valence-corrected chi connectivity index (χ1v) is 39.7. The lowest BCUT2D eigenvalue weighted by molar-refractivity contribution is -0.161. The lowest BCUT2D eigenvalue weighted by Crippen LogP contribution is -2.30. The van der Waals surface area contributed by atoms with Crippen LogP contribution in [0.25, 0.3) is 0 Å². The zero-order valence-corrected chi connectivity index (χ0v) is 60.6. The number of carbonyl (C=O) groups excluding carboxylic acids is 4. The van der Waals surface area contributed by atoms with Crippen molar-refractivity contribution in [2.45, 2.75) is 356 Å². The fraction of sp³-hybridized carbons (Fsp3) is 0.889. The van der Waals surface area contributed by atoms with Crippen molar-refractivity contribution in [2.24, 2.45) is 17.8 Å². The van der Waals surface area contributed by atoms with Crippen LogP contribution in [-0.2, 0) is 65.4 Å². The number of carbonyl (C=O) groups is 4. The predicted molar refractivity (Wildman–Crippen MR) is 367 cm³/mol. The van der Waals surface area contributed by atoms with Crippen LogP contribution in [-0.4, -0.2) is 96.7 Å². The topological polar surface area (TPSA) is 237 Å². The highest BCUT2D eigenvalue weighted by Crippen LogP contribution is 2.45. The van der Waals surface area contributed by atoms with E-state index in [4.69, 9.17) is 37.0 Å². The predicted octanol–water partition coefficient (Wildman–Crippen LogP) is 20.2. The molecule has 4 unspecified atom stereocenters. The molecule has 0 radical (unpaired) electrons. The summed E-state index contributed by atoms with van der Waals surface area (Å²) < 4.78 is 68.3. The average Bonchev–Trinajstić information content (AvgIpc) is 3.44. The number of ether oxygens (including phenoxy) is 4. The molecule has 0 aliphatic heterocycles. The molecule has 0 aliphatic rings. The van der Waals surface area contributed by atoms with Gasteiger partial charge in [-0.25, -0.2) is 9.13 Å². The molecule has 6 atom stereocenters. The Kier molecular flexibility index (Phi) is 60.7. The minimum absolute atomic E-state index is 0.0843. The second-order valence-corrected chi connectivity index (χ2v) is 29.4. The summed E-state index contributed by atoms with van der Waals surface area (Å²) in [5, 5.41) is 10.6. The van der Waals surface area contributed by atoms with Crippen LogP contribution < -0.4 is 0 Å². The summed E-state index contributed by atoms with van der Waals surface area (Å²) in [6.07, 6.45) is 49.3. The van der Waals surface area contributed by atoms with Gasteiger partial charge in [-0.1, -0.05) is 285 Å². The highest BCUT2D eigenvalue weighted by atomic mass is 31.2. The molecule has 3 N–H and O–H groups in total. The summed E-state index contributed by atoms with van der Waals surface area (Å²) in [6.45, 7) is 11.7. The van der Waals surface area contributed by atoms with Crippen molar-refractivity contribution in [1.29, 1.82) is 0 Å². The molecule has 91 heavy (non-hydrogen) atoms. The standard InChI is InChI=1S/C72H136O17P2/c1-8-10-11-12-13-14-15-16-17-18-19-24-34-41-48-55-71(76)88-67(59-82-69(74)53-46-39-32-23-21-20-22-29-36-43-50-63(3)4)61-86-90(78,79)84-57-66(73)58-85-91(80,81)87-62-68(60-83-70(75)54-47-40-33-27-25-30-37-44-51-64(5)6)89-72(77)56-49-42-35-28-26-31-38-45-52-65(7)9-2/h14-17,63-68,73H,8-13,18-62H2,1-7H3,(H,78,79)(H,80,81)/b15-14-,17-16-/t65?,66?,67-,68-/m1/s1. The molecule has 0 saturated carbocycles. The molecule has 19 heteroatoms. The smallest absolute Gasteiger partial charge is 0.462 e. The maximum atomic E-state index is 13.0. The van der Waals surface area contributed by atoms with Gasteiger partial charge in [0.1, 0.15) is 19.3 Å². The molecule has 0 bridgehead atoms. The van der Waals surface area contributed by atoms with Crippen LogP contribution in [0.15, 0.2) is 24.3 Å². The van der Waals surface area contributed by atoms with Crippen molar-refractivity contribution in [3.05, 3.63) is 24.3 Å². The first-order valence-electron chi connectivity index (χ1n) is 36.7. The lowest BCUT2D eigenvalue weighted by atomic mass is 9.99. The van der Waals surface area contributed by atoms with Crippen molar-refractivity contribution >= 4 is 39.5 Å². The molecule has 536 valence electrons. The van der Waals surface area contributed by atoms with Crippen molar-refractivity contribution in [2.75, 3.05) is 39.6 Å². The van der Waals surface area contributed by atoms with E-state index in [0.29, 0.717) is 25.7 Å². The minimum Gasteiger partial charge on any atom is -0.462 e. The number of hydrogen-bond acceptors (Lipinski definition) is 15. The number of unbranched alkanes of at least 4 members (excludes halogenated alkanes) is 32. The number of phosphoric ester groups is 2. The van der Waals surface area contributed by atoms with Gasteiger partial charge in [0.25, 0.3) is 0 Å². The van der Waals surface area contributed by atoms with E-state index in [2.05, 4.69) is 72.8 Å². The van der Waals surface area contributed by atoms with E-state index in [-0.39, 0.29) is 25.7 Å². The first kappa shape index (κ1) is 88.5. The van der Waals surface area contributed by atoms with Crippen LogP contribution in [0, 0.1) is 17.8 Å². The van der Waals surface area contributed by atoms with Gasteiger partial charge in [0.05, 0.1) is 26.4 Å². The number of rotatable bonds is 68. The molecule has 0 saturated heterocycles. The minimum atomic E-state index is -4.96. The number of aliphatic hydroxyl groups is 1. The summed E-state index contributed by atoms with van der Waals surface area (Å²) in [6, 6.07) is 0. The SMILES string of the molecule is CCCCCC/C=C\C=C/CCCCCCCC(=O)O[C@H](COC(=O)CCCCCCCCCCCCC(C)C)COP(=O)(O)OCC(O)COP(=O)(O)OC[C@@H](COC(=O)CCCCCCCCCCC(C)C)OC(=O)CCCCCCCCCCC(C)CC. The van der Waals surface area contributed by atoms with Crippen LogP contribution in [0.1, 0.15) is 337 Å². The molecule has 0 aliphatic carbocycles. The van der Waals surface area contributed by atoms with Gasteiger partial charge in [0.2, 0.25) is 0 Å². The Balaban J connectivity index is 5.31. The summed E-state index contributed by atoms with van der Waals surface area (Å²) >= 11 is 0. The van der Waals surface area contributed by atoms with Crippen molar-refractivity contribution < 1.29 is 80.2 Å². The third kappa shape index (κ3) is 64.6. The fourth-order valence-corrected chi connectivity index (χ4v) is 11.9. The largest absolute Gasteiger partial charge is 0.472 e. The molecule has 0 rings (SSSR count). The molecule has 0 aromatic carbocycles. The second kappa shape index (κ2) is 62.4. The van der Waals surface area contributed by atoms with Gasteiger partial charge in [0.15, 0.2) is 12.2 Å². The lowest BCUT2D eigenvalue weighted by Gasteiger charge is -2.21. The molecular formula is C72H136O17P2. The Morgan fingerprint density at radius 3 is 0.978 bits per heavy atom. The van der Waals surface area contributed by atoms with Crippen LogP contribution >= 0.6 is 15.6 Å². The number of esters is 4. The van der Waals surface area contributed by atoms with Crippen molar-refractivity contribution in [3.8, 4) is 0 Å². The number of aliphatic hydroxyl groups excluding tert-OH is 1. The highest BCUT2D eigenvalue weighted by molar-refractivity contribution is 7.47. The van der Waals surface area contributed by atoms with Gasteiger partial charge in [-0.2, -0.15) is 0 Å². The molecule has 0 heterocycles. The van der Waals surface area contributed by atoms with Crippen molar-refractivity contribution in [3.63, 3.8) is 0 Å². The van der Waals surface area contributed by atoms with Crippen LogP contribution in [0.2, 0.25) is 0 Å². The Hall–Kier alpha value is -2.46. The molecule has 0 spiro atoms. The number of allylic oxidation sites excluding steroid dienone is 4. The zero-order valence-electron chi connectivity index (χ0n) is 58.8. The molecule has 0 aromatic rings. The van der Waals surface area contributed by atoms with Gasteiger partial charge in [0, 0.05) is 25.7 Å². The van der Waals surface area contributed by atoms with E-state index in [1.165, 1.54) is 135 Å². The van der Waals surface area contributed by atoms with E-state index in [1.54, 1.807) is 0 Å². The van der Waals surface area contributed by atoms with E-state index in [1.807, 2.05) is 0 Å². The average molecular weight is 1340 g/mol. The molecular weight excluding hydrogens is 1200 g/mol. The highest BCUT2D eigenvalue weighted by Gasteiger charge is 2.30. The second-order valence-electron chi connectivity index (χ2n) is 26.5. The normalized spacial score (nSPS) is 14.6. The van der Waals surface area contributed by atoms with Gasteiger partial charge >= 0.3 is 39.5 Å². The van der Waals surface area contributed by atoms with Gasteiger partial charge in [-0.05, 0) is 69.1 Å². The van der Waals surface area contributed by atoms with Gasteiger partial charge < -0.3 is 33.8 Å². The van der Waals surface area contributed by atoms with Gasteiger partial charge in [-0.15, -0.1) is 0 Å². The third-order valence-corrected chi connectivity index (χ3v) is 18.3. The van der Waals surface area contributed by atoms with E-state index < -0.39 is 97.5 Å². The van der Waals surface area contributed by atoms with Crippen molar-refractivity contribution in [1.82, 2.24) is 0 Å². The molecule has 0 amide bonds. The molecule has 0 aromatic heterocycles. The Bertz CT molecular complexity index is 1880. The monoisotopic (exact) mass is 1330 g/mol. The van der Waals surface area contributed by atoms with Crippen LogP contribution in [0.3, 0.4) is 0 Å². The van der Waals surface area contributed by atoms with Gasteiger partial charge in [-0.3, -0.25) is 37.3 Å². The van der Waals surface area contributed by atoms with E-state index in [9.17, 15) is 43.2 Å². The Morgan fingerprint density at radius 1 is 0.363 bits per heavy atom. The summed E-state index contributed by atoms with van der Waals surface area (Å²) in [7, 11) is -9.92. The van der Waals surface area contributed by atoms with E-state index >= 15 is 0 Å². The summed E-state index contributed by atoms with van der Waals surface area (Å²) in [4.78, 5) is 72.6. The third-order valence-electron chi connectivity index (χ3n) is 16.4. The Morgan fingerprint density at radius 2 is 0.648 bits per heavy atom. The molecule has 0 fully saturated rings. The molecule has 17 nitrogen and oxygen atoms in total. The van der Waals surface area contributed by atoms with Crippen LogP contribution in [0.5, 0.6) is 0 Å². The van der Waals surface area contributed by atoms with E-state index in [0.717, 1.165) is 120 Å². The fourth-order valence-electron chi connectivity index (χ4n) is 10.3. The maximum absolute atomic E-state index is 13.0.